The number of nitrogen functional groups attached to an aromatic ring is 1. The van der Waals surface area contributed by atoms with E-state index in [2.05, 4.69) is 22.2 Å². The number of ether oxygens (including phenoxy) is 1. The van der Waals surface area contributed by atoms with Crippen LogP contribution in [0, 0.1) is 5.92 Å². The molecule has 2 bridgehead atoms. The van der Waals surface area contributed by atoms with E-state index in [4.69, 9.17) is 10.5 Å². The van der Waals surface area contributed by atoms with Crippen LogP contribution in [-0.2, 0) is 0 Å². The van der Waals surface area contributed by atoms with Crippen molar-refractivity contribution in [3.05, 3.63) is 12.4 Å². The number of nitrogens with zero attached hydrogens (tertiary/aromatic N) is 2. The predicted octanol–water partition coefficient (Wildman–Crippen LogP) is 0.967. The number of anilines is 1. The molecule has 2 saturated heterocycles. The zero-order valence-electron chi connectivity index (χ0n) is 9.97. The van der Waals surface area contributed by atoms with Crippen LogP contribution in [0.1, 0.15) is 26.2 Å². The lowest BCUT2D eigenvalue weighted by Crippen LogP contribution is -2.49. The Hall–Kier alpha value is -1.36. The number of aromatic nitrogens is 2. The van der Waals surface area contributed by atoms with Crippen molar-refractivity contribution in [2.45, 2.75) is 44.4 Å². The third-order valence-corrected chi connectivity index (χ3v) is 3.97. The van der Waals surface area contributed by atoms with Gasteiger partial charge in [-0.15, -0.1) is 0 Å². The summed E-state index contributed by atoms with van der Waals surface area (Å²) in [5, 5.41) is 3.62. The maximum Gasteiger partial charge on any atom is 0.257 e. The van der Waals surface area contributed by atoms with Crippen molar-refractivity contribution in [2.75, 3.05) is 5.73 Å². The van der Waals surface area contributed by atoms with Gasteiger partial charge in [0.15, 0.2) is 5.82 Å². The first-order valence-corrected chi connectivity index (χ1v) is 6.23. The highest BCUT2D eigenvalue weighted by atomic mass is 16.5. The van der Waals surface area contributed by atoms with E-state index in [-0.39, 0.29) is 6.10 Å². The predicted molar refractivity (Wildman–Crippen MR) is 64.6 cm³/mol. The highest BCUT2D eigenvalue weighted by Crippen LogP contribution is 2.33. The van der Waals surface area contributed by atoms with Gasteiger partial charge in [0.1, 0.15) is 6.10 Å². The van der Waals surface area contributed by atoms with Gasteiger partial charge in [-0.1, -0.05) is 6.92 Å². The molecular weight excluding hydrogens is 216 g/mol. The largest absolute Gasteiger partial charge is 0.471 e. The molecule has 2 fully saturated rings. The third kappa shape index (κ3) is 1.95. The quantitative estimate of drug-likeness (QED) is 0.797. The monoisotopic (exact) mass is 234 g/mol. The van der Waals surface area contributed by atoms with Gasteiger partial charge in [0.2, 0.25) is 0 Å². The van der Waals surface area contributed by atoms with Crippen molar-refractivity contribution in [3.63, 3.8) is 0 Å². The zero-order chi connectivity index (χ0) is 11.8. The van der Waals surface area contributed by atoms with E-state index < -0.39 is 0 Å². The number of nitrogens with two attached hydrogens (primary N) is 1. The summed E-state index contributed by atoms with van der Waals surface area (Å²) in [5.74, 6) is 1.35. The molecule has 0 radical (unpaired) electrons. The van der Waals surface area contributed by atoms with Gasteiger partial charge in [-0.25, -0.2) is 9.97 Å². The van der Waals surface area contributed by atoms with Crippen molar-refractivity contribution >= 4 is 5.82 Å². The first kappa shape index (κ1) is 10.8. The molecule has 0 saturated carbocycles. The van der Waals surface area contributed by atoms with Crippen molar-refractivity contribution in [1.82, 2.24) is 15.3 Å². The number of rotatable bonds is 2. The fraction of sp³-hybridized carbons (Fsp3) is 0.667. The second kappa shape index (κ2) is 4.14. The molecule has 5 nitrogen and oxygen atoms in total. The number of nitrogens with one attached hydrogen (secondary N) is 1. The molecule has 3 rings (SSSR count). The molecule has 5 heteroatoms. The zero-order valence-corrected chi connectivity index (χ0v) is 9.97. The fourth-order valence-corrected chi connectivity index (χ4v) is 2.93. The first-order valence-electron chi connectivity index (χ1n) is 6.23. The van der Waals surface area contributed by atoms with E-state index in [1.807, 2.05) is 0 Å². The average Bonchev–Trinajstić information content (AvgIpc) is 2.73. The van der Waals surface area contributed by atoms with Gasteiger partial charge in [0.25, 0.3) is 5.88 Å². The molecule has 2 aliphatic rings. The molecule has 0 aliphatic carbocycles. The van der Waals surface area contributed by atoms with Gasteiger partial charge in [-0.05, 0) is 19.3 Å². The smallest absolute Gasteiger partial charge is 0.257 e. The summed E-state index contributed by atoms with van der Waals surface area (Å²) in [7, 11) is 0. The normalized spacial score (nSPS) is 35.8. The van der Waals surface area contributed by atoms with Crippen molar-refractivity contribution in [1.29, 1.82) is 0 Å². The first-order chi connectivity index (χ1) is 8.24. The Kier molecular flexibility index (Phi) is 2.63. The second-order valence-corrected chi connectivity index (χ2v) is 5.05. The Labute approximate surface area is 101 Å². The number of fused-ring (bicyclic) bond motifs is 2. The third-order valence-electron chi connectivity index (χ3n) is 3.97. The highest BCUT2D eigenvalue weighted by Gasteiger charge is 2.40. The van der Waals surface area contributed by atoms with Crippen LogP contribution in [0.15, 0.2) is 12.4 Å². The van der Waals surface area contributed by atoms with E-state index in [0.717, 1.165) is 6.42 Å². The molecule has 4 atom stereocenters. The van der Waals surface area contributed by atoms with Gasteiger partial charge in [-0.2, -0.15) is 0 Å². The summed E-state index contributed by atoms with van der Waals surface area (Å²) in [6.07, 6.45) is 6.94. The van der Waals surface area contributed by atoms with Crippen LogP contribution in [-0.4, -0.2) is 28.2 Å². The summed E-state index contributed by atoms with van der Waals surface area (Å²) in [4.78, 5) is 8.15. The van der Waals surface area contributed by atoms with Crippen LogP contribution in [0.4, 0.5) is 5.82 Å². The lowest BCUT2D eigenvalue weighted by atomic mass is 9.91. The second-order valence-electron chi connectivity index (χ2n) is 5.05. The lowest BCUT2D eigenvalue weighted by molar-refractivity contribution is 0.0795. The van der Waals surface area contributed by atoms with Crippen LogP contribution in [0.3, 0.4) is 0 Å². The Morgan fingerprint density at radius 3 is 3.00 bits per heavy atom. The van der Waals surface area contributed by atoms with E-state index in [1.165, 1.54) is 12.8 Å². The van der Waals surface area contributed by atoms with E-state index in [9.17, 15) is 0 Å². The molecule has 2 aliphatic heterocycles. The molecule has 0 unspecified atom stereocenters. The number of hydrogen-bond donors (Lipinski definition) is 2. The Balaban J connectivity index is 1.75. The molecule has 1 aromatic heterocycles. The summed E-state index contributed by atoms with van der Waals surface area (Å²) >= 11 is 0. The van der Waals surface area contributed by atoms with E-state index in [0.29, 0.717) is 29.7 Å². The maximum atomic E-state index is 5.94. The number of hydrogen-bond acceptors (Lipinski definition) is 5. The van der Waals surface area contributed by atoms with Gasteiger partial charge in [-0.3, -0.25) is 0 Å². The Bertz CT molecular complexity index is 411. The topological polar surface area (TPSA) is 73.1 Å². The fourth-order valence-electron chi connectivity index (χ4n) is 2.93. The van der Waals surface area contributed by atoms with Crippen molar-refractivity contribution < 1.29 is 4.74 Å². The highest BCUT2D eigenvalue weighted by molar-refractivity contribution is 5.38. The summed E-state index contributed by atoms with van der Waals surface area (Å²) in [6.45, 7) is 2.23. The van der Waals surface area contributed by atoms with E-state index in [1.54, 1.807) is 12.4 Å². The maximum absolute atomic E-state index is 5.94. The standard InChI is InChI=1S/C12H18N4O/c1-7-9-3-2-8(16-9)6-10(7)17-12-11(13)14-4-5-15-12/h4-5,7-10,16H,2-3,6H2,1H3,(H2,13,14)/t7-,8+,9-,10-/m0/s1. The lowest BCUT2D eigenvalue weighted by Gasteiger charge is -2.35. The minimum atomic E-state index is 0.202. The van der Waals surface area contributed by atoms with Gasteiger partial charge in [0.05, 0.1) is 0 Å². The molecule has 0 spiro atoms. The van der Waals surface area contributed by atoms with Gasteiger partial charge >= 0.3 is 0 Å². The molecule has 3 heterocycles. The number of piperidine rings is 1. The Morgan fingerprint density at radius 2 is 2.18 bits per heavy atom. The SMILES string of the molecule is C[C@H]1[C@@H]2CC[C@H](C[C@@H]1Oc1nccnc1N)N2. The summed E-state index contributed by atoms with van der Waals surface area (Å²) in [6, 6.07) is 1.18. The average molecular weight is 234 g/mol. The Morgan fingerprint density at radius 1 is 1.35 bits per heavy atom. The van der Waals surface area contributed by atoms with Crippen LogP contribution in [0.5, 0.6) is 5.88 Å². The van der Waals surface area contributed by atoms with E-state index >= 15 is 0 Å². The van der Waals surface area contributed by atoms with Crippen LogP contribution in [0.2, 0.25) is 0 Å². The minimum absolute atomic E-state index is 0.202. The van der Waals surface area contributed by atoms with Crippen LogP contribution < -0.4 is 15.8 Å². The van der Waals surface area contributed by atoms with Crippen molar-refractivity contribution in [2.24, 2.45) is 5.92 Å². The van der Waals surface area contributed by atoms with Crippen LogP contribution >= 0.6 is 0 Å². The summed E-state index contributed by atoms with van der Waals surface area (Å²) < 4.78 is 5.94. The molecular formula is C12H18N4O. The van der Waals surface area contributed by atoms with Crippen molar-refractivity contribution in [3.8, 4) is 5.88 Å². The molecule has 0 aromatic carbocycles. The molecule has 0 amide bonds. The molecule has 92 valence electrons. The minimum Gasteiger partial charge on any atom is -0.471 e. The molecule has 1 aromatic rings. The van der Waals surface area contributed by atoms with Gasteiger partial charge in [0, 0.05) is 30.4 Å². The van der Waals surface area contributed by atoms with Crippen LogP contribution in [0.25, 0.3) is 0 Å². The molecule has 17 heavy (non-hydrogen) atoms. The molecule has 3 N–H and O–H groups in total. The summed E-state index contributed by atoms with van der Waals surface area (Å²) in [5.41, 5.74) is 5.75. The van der Waals surface area contributed by atoms with Gasteiger partial charge < -0.3 is 15.8 Å².